The van der Waals surface area contributed by atoms with Gasteiger partial charge in [-0.25, -0.2) is 4.68 Å². The molecule has 6 nitrogen and oxygen atoms in total. The van der Waals surface area contributed by atoms with Gasteiger partial charge in [0, 0.05) is 16.5 Å². The van der Waals surface area contributed by atoms with E-state index in [1.165, 1.54) is 4.68 Å². The van der Waals surface area contributed by atoms with Gasteiger partial charge in [-0.1, -0.05) is 66.7 Å². The largest absolute Gasteiger partial charge is 0.481 e. The van der Waals surface area contributed by atoms with Crippen LogP contribution in [0.3, 0.4) is 0 Å². The molecule has 2 aromatic heterocycles. The van der Waals surface area contributed by atoms with E-state index in [2.05, 4.69) is 0 Å². The van der Waals surface area contributed by atoms with Crippen LogP contribution in [0.5, 0.6) is 0 Å². The molecule has 0 saturated heterocycles. The van der Waals surface area contributed by atoms with Crippen LogP contribution in [-0.2, 0) is 17.8 Å². The lowest BCUT2D eigenvalue weighted by atomic mass is 10.1. The molecule has 0 aliphatic rings. The number of aromatic nitrogens is 3. The fraction of sp³-hybridized carbons (Fsp3) is 0.115. The van der Waals surface area contributed by atoms with Gasteiger partial charge in [0.1, 0.15) is 0 Å². The minimum Gasteiger partial charge on any atom is -0.481 e. The van der Waals surface area contributed by atoms with Gasteiger partial charge < -0.3 is 5.11 Å². The highest BCUT2D eigenvalue weighted by Gasteiger charge is 2.21. The maximum absolute atomic E-state index is 13.2. The number of hydrogen-bond donors (Lipinski definition) is 1. The third kappa shape index (κ3) is 3.26. The minimum atomic E-state index is -0.886. The molecule has 0 saturated carbocycles. The molecular formula is C26H21N3O3. The number of carboxylic acid groups (broad SMARTS) is 1. The Morgan fingerprint density at radius 1 is 0.875 bits per heavy atom. The standard InChI is InChI=1S/C26H21N3O3/c1-17-22(15-24(30)31)19-11-7-8-14-23(19)29(17)25-20-12-5-6-13-21(20)26(32)28(27-25)16-18-9-3-2-4-10-18/h2-14H,15-16H2,1H3,(H,30,31). The highest BCUT2D eigenvalue weighted by Crippen LogP contribution is 2.31. The van der Waals surface area contributed by atoms with Crippen LogP contribution in [0.2, 0.25) is 0 Å². The Labute approximate surface area is 184 Å². The third-order valence-corrected chi connectivity index (χ3v) is 5.81. The lowest BCUT2D eigenvalue weighted by molar-refractivity contribution is -0.136. The smallest absolute Gasteiger partial charge is 0.307 e. The predicted octanol–water partition coefficient (Wildman–Crippen LogP) is 4.32. The van der Waals surface area contributed by atoms with Crippen molar-refractivity contribution in [3.63, 3.8) is 0 Å². The Morgan fingerprint density at radius 2 is 1.50 bits per heavy atom. The molecule has 2 heterocycles. The van der Waals surface area contributed by atoms with Gasteiger partial charge in [-0.3, -0.25) is 14.2 Å². The van der Waals surface area contributed by atoms with E-state index in [1.807, 2.05) is 90.4 Å². The Morgan fingerprint density at radius 3 is 2.22 bits per heavy atom. The number of carbonyl (C=O) groups is 1. The quantitative estimate of drug-likeness (QED) is 0.457. The molecule has 5 aromatic rings. The Hall–Kier alpha value is -4.19. The van der Waals surface area contributed by atoms with Gasteiger partial charge in [0.05, 0.1) is 23.9 Å². The van der Waals surface area contributed by atoms with Crippen LogP contribution in [0.25, 0.3) is 27.5 Å². The third-order valence-electron chi connectivity index (χ3n) is 5.81. The molecule has 0 atom stereocenters. The first-order valence-electron chi connectivity index (χ1n) is 10.4. The number of nitrogens with zero attached hydrogens (tertiary/aromatic N) is 3. The monoisotopic (exact) mass is 423 g/mol. The summed E-state index contributed by atoms with van der Waals surface area (Å²) in [5, 5.41) is 16.4. The first-order chi connectivity index (χ1) is 15.5. The van der Waals surface area contributed by atoms with Crippen molar-refractivity contribution in [1.29, 1.82) is 0 Å². The number of para-hydroxylation sites is 1. The molecule has 0 bridgehead atoms. The summed E-state index contributed by atoms with van der Waals surface area (Å²) in [5.74, 6) is -0.274. The summed E-state index contributed by atoms with van der Waals surface area (Å²) < 4.78 is 3.45. The number of hydrogen-bond acceptors (Lipinski definition) is 3. The first-order valence-corrected chi connectivity index (χ1v) is 10.4. The van der Waals surface area contributed by atoms with E-state index in [9.17, 15) is 14.7 Å². The van der Waals surface area contributed by atoms with Crippen LogP contribution in [0.15, 0.2) is 83.7 Å². The molecule has 1 N–H and O–H groups in total. The number of rotatable bonds is 5. The molecule has 32 heavy (non-hydrogen) atoms. The molecule has 0 aliphatic carbocycles. The molecule has 0 spiro atoms. The first kappa shape index (κ1) is 19.8. The molecule has 6 heteroatoms. The van der Waals surface area contributed by atoms with Gasteiger partial charge >= 0.3 is 5.97 Å². The lowest BCUT2D eigenvalue weighted by Crippen LogP contribution is -2.25. The van der Waals surface area contributed by atoms with E-state index in [0.717, 1.165) is 33.1 Å². The van der Waals surface area contributed by atoms with Gasteiger partial charge in [-0.15, -0.1) is 0 Å². The molecule has 3 aromatic carbocycles. The average Bonchev–Trinajstić information content (AvgIpc) is 3.07. The van der Waals surface area contributed by atoms with Crippen molar-refractivity contribution < 1.29 is 9.90 Å². The highest BCUT2D eigenvalue weighted by atomic mass is 16.4. The van der Waals surface area contributed by atoms with Crippen molar-refractivity contribution >= 4 is 27.6 Å². The average molecular weight is 423 g/mol. The maximum Gasteiger partial charge on any atom is 0.307 e. The lowest BCUT2D eigenvalue weighted by Gasteiger charge is -2.14. The van der Waals surface area contributed by atoms with E-state index in [-0.39, 0.29) is 12.0 Å². The molecule has 0 radical (unpaired) electrons. The summed E-state index contributed by atoms with van der Waals surface area (Å²) in [6.07, 6.45) is -0.0824. The number of fused-ring (bicyclic) bond motifs is 2. The van der Waals surface area contributed by atoms with Gasteiger partial charge in [0.15, 0.2) is 5.82 Å². The topological polar surface area (TPSA) is 77.1 Å². The Balaban J connectivity index is 1.83. The van der Waals surface area contributed by atoms with E-state index in [1.54, 1.807) is 0 Å². The predicted molar refractivity (Wildman–Crippen MR) is 124 cm³/mol. The normalized spacial score (nSPS) is 11.3. The zero-order valence-electron chi connectivity index (χ0n) is 17.5. The van der Waals surface area contributed by atoms with Crippen LogP contribution < -0.4 is 5.56 Å². The molecule has 0 amide bonds. The second kappa shape index (κ2) is 7.81. The van der Waals surface area contributed by atoms with Crippen LogP contribution in [-0.4, -0.2) is 25.4 Å². The summed E-state index contributed by atoms with van der Waals surface area (Å²) in [6, 6.07) is 24.9. The van der Waals surface area contributed by atoms with Gasteiger partial charge in [0.25, 0.3) is 5.56 Å². The van der Waals surface area contributed by atoms with E-state index in [0.29, 0.717) is 17.7 Å². The Kier molecular flexibility index (Phi) is 4.82. The zero-order chi connectivity index (χ0) is 22.2. The van der Waals surface area contributed by atoms with Crippen molar-refractivity contribution in [1.82, 2.24) is 14.3 Å². The second-order valence-corrected chi connectivity index (χ2v) is 7.80. The van der Waals surface area contributed by atoms with Crippen LogP contribution in [0, 0.1) is 6.92 Å². The maximum atomic E-state index is 13.2. The minimum absolute atomic E-state index is 0.0824. The second-order valence-electron chi connectivity index (χ2n) is 7.80. The molecule has 5 rings (SSSR count). The molecule has 0 fully saturated rings. The molecular weight excluding hydrogens is 402 g/mol. The summed E-state index contributed by atoms with van der Waals surface area (Å²) in [7, 11) is 0. The Bertz CT molecular complexity index is 1530. The van der Waals surface area contributed by atoms with E-state index < -0.39 is 5.97 Å². The van der Waals surface area contributed by atoms with Crippen molar-refractivity contribution in [3.05, 3.63) is 106 Å². The van der Waals surface area contributed by atoms with Crippen molar-refractivity contribution in [2.75, 3.05) is 0 Å². The molecule has 0 aliphatic heterocycles. The summed E-state index contributed by atoms with van der Waals surface area (Å²) in [5.41, 5.74) is 3.23. The summed E-state index contributed by atoms with van der Waals surface area (Å²) >= 11 is 0. The number of aliphatic carboxylic acids is 1. The number of benzene rings is 3. The van der Waals surface area contributed by atoms with Gasteiger partial charge in [-0.2, -0.15) is 5.10 Å². The summed E-state index contributed by atoms with van der Waals surface area (Å²) in [4.78, 5) is 24.8. The number of carboxylic acids is 1. The van der Waals surface area contributed by atoms with Crippen molar-refractivity contribution in [2.24, 2.45) is 0 Å². The molecule has 0 unspecified atom stereocenters. The highest BCUT2D eigenvalue weighted by molar-refractivity contribution is 5.94. The van der Waals surface area contributed by atoms with Crippen molar-refractivity contribution in [3.8, 4) is 5.82 Å². The van der Waals surface area contributed by atoms with Crippen LogP contribution in [0.4, 0.5) is 0 Å². The SMILES string of the molecule is Cc1c(CC(=O)O)c2ccccc2n1-c1nn(Cc2ccccc2)c(=O)c2ccccc12. The fourth-order valence-electron chi connectivity index (χ4n) is 4.33. The van der Waals surface area contributed by atoms with Crippen LogP contribution in [0.1, 0.15) is 16.8 Å². The summed E-state index contributed by atoms with van der Waals surface area (Å²) in [6.45, 7) is 2.25. The zero-order valence-corrected chi connectivity index (χ0v) is 17.5. The van der Waals surface area contributed by atoms with Gasteiger partial charge in [0.2, 0.25) is 0 Å². The van der Waals surface area contributed by atoms with Crippen molar-refractivity contribution in [2.45, 2.75) is 19.9 Å². The van der Waals surface area contributed by atoms with E-state index >= 15 is 0 Å². The fourth-order valence-corrected chi connectivity index (χ4v) is 4.33. The molecule has 158 valence electrons. The van der Waals surface area contributed by atoms with E-state index in [4.69, 9.17) is 5.10 Å². The van der Waals surface area contributed by atoms with Gasteiger partial charge in [-0.05, 0) is 30.2 Å². The van der Waals surface area contributed by atoms with Crippen LogP contribution >= 0.6 is 0 Å².